The molecule has 1 fully saturated rings. The normalized spacial score (nSPS) is 16.6. The van der Waals surface area contributed by atoms with E-state index >= 15 is 0 Å². The van der Waals surface area contributed by atoms with Gasteiger partial charge in [-0.2, -0.15) is 0 Å². The van der Waals surface area contributed by atoms with Crippen LogP contribution in [0.4, 0.5) is 5.69 Å². The summed E-state index contributed by atoms with van der Waals surface area (Å²) in [7, 11) is -1.89. The van der Waals surface area contributed by atoms with E-state index in [-0.39, 0.29) is 16.6 Å². The van der Waals surface area contributed by atoms with Gasteiger partial charge in [0.25, 0.3) is 5.91 Å². The zero-order valence-electron chi connectivity index (χ0n) is 15.3. The Bertz CT molecular complexity index is 891. The van der Waals surface area contributed by atoms with Crippen molar-refractivity contribution >= 4 is 21.4 Å². The third-order valence-corrected chi connectivity index (χ3v) is 6.56. The lowest BCUT2D eigenvalue weighted by atomic mass is 9.91. The van der Waals surface area contributed by atoms with Crippen LogP contribution in [0.1, 0.15) is 18.4 Å². The number of sulfone groups is 1. The van der Waals surface area contributed by atoms with Crippen LogP contribution in [0.2, 0.25) is 0 Å². The van der Waals surface area contributed by atoms with Crippen molar-refractivity contribution in [3.63, 3.8) is 0 Å². The summed E-state index contributed by atoms with van der Waals surface area (Å²) in [5.74, 6) is -0.324. The molecule has 1 heterocycles. The van der Waals surface area contributed by atoms with Crippen molar-refractivity contribution in [3.8, 4) is 0 Å². The van der Waals surface area contributed by atoms with E-state index in [4.69, 9.17) is 4.74 Å². The van der Waals surface area contributed by atoms with Crippen molar-refractivity contribution in [2.45, 2.75) is 29.1 Å². The first-order valence-electron chi connectivity index (χ1n) is 8.89. The van der Waals surface area contributed by atoms with E-state index in [2.05, 4.69) is 10.6 Å². The molecule has 7 heteroatoms. The van der Waals surface area contributed by atoms with Crippen LogP contribution in [0, 0.1) is 0 Å². The number of anilines is 1. The average molecular weight is 388 g/mol. The summed E-state index contributed by atoms with van der Waals surface area (Å²) in [6.45, 7) is 1.44. The van der Waals surface area contributed by atoms with Gasteiger partial charge in [0, 0.05) is 12.8 Å². The molecule has 0 aromatic heterocycles. The largest absolute Gasteiger partial charge is 0.368 e. The number of benzene rings is 2. The molecule has 0 unspecified atom stereocenters. The third kappa shape index (κ3) is 4.55. The standard InChI is InChI=1S/C20H24N2O4S/c1-26-20(10-12-21-13-11-20)19(23)22-17-7-5-6-16(14-17)15-27(24,25)18-8-3-2-4-9-18/h2-9,14,21H,10-13,15H2,1H3,(H,22,23). The van der Waals surface area contributed by atoms with Crippen LogP contribution in [0.25, 0.3) is 0 Å². The second-order valence-electron chi connectivity index (χ2n) is 6.68. The number of ether oxygens (including phenoxy) is 1. The van der Waals surface area contributed by atoms with E-state index in [0.29, 0.717) is 24.1 Å². The Kier molecular flexibility index (Phi) is 5.94. The molecule has 144 valence electrons. The Labute approximate surface area is 159 Å². The molecule has 1 aliphatic heterocycles. The Morgan fingerprint density at radius 1 is 1.11 bits per heavy atom. The molecule has 0 radical (unpaired) electrons. The molecule has 2 aromatic carbocycles. The molecule has 3 rings (SSSR count). The van der Waals surface area contributed by atoms with Crippen LogP contribution in [0.3, 0.4) is 0 Å². The van der Waals surface area contributed by atoms with Crippen molar-refractivity contribution in [2.24, 2.45) is 0 Å². The maximum Gasteiger partial charge on any atom is 0.256 e. The van der Waals surface area contributed by atoms with E-state index in [1.54, 1.807) is 61.7 Å². The molecular weight excluding hydrogens is 364 g/mol. The number of nitrogens with one attached hydrogen (secondary N) is 2. The summed E-state index contributed by atoms with van der Waals surface area (Å²) in [5, 5.41) is 6.10. The van der Waals surface area contributed by atoms with Gasteiger partial charge < -0.3 is 15.4 Å². The first kappa shape index (κ1) is 19.5. The Balaban J connectivity index is 1.75. The first-order chi connectivity index (χ1) is 13.0. The summed E-state index contributed by atoms with van der Waals surface area (Å²) in [6.07, 6.45) is 1.19. The fraction of sp³-hybridized carbons (Fsp3) is 0.350. The second-order valence-corrected chi connectivity index (χ2v) is 8.66. The van der Waals surface area contributed by atoms with E-state index in [1.807, 2.05) is 0 Å². The minimum atomic E-state index is -3.44. The van der Waals surface area contributed by atoms with Gasteiger partial charge in [-0.25, -0.2) is 8.42 Å². The van der Waals surface area contributed by atoms with Gasteiger partial charge in [0.15, 0.2) is 9.84 Å². The van der Waals surface area contributed by atoms with Crippen molar-refractivity contribution in [3.05, 3.63) is 60.2 Å². The highest BCUT2D eigenvalue weighted by Gasteiger charge is 2.39. The van der Waals surface area contributed by atoms with Crippen LogP contribution < -0.4 is 10.6 Å². The van der Waals surface area contributed by atoms with Gasteiger partial charge in [0.05, 0.1) is 10.6 Å². The Morgan fingerprint density at radius 3 is 2.48 bits per heavy atom. The molecule has 6 nitrogen and oxygen atoms in total. The summed E-state index contributed by atoms with van der Waals surface area (Å²) in [4.78, 5) is 13.0. The fourth-order valence-corrected chi connectivity index (χ4v) is 4.63. The van der Waals surface area contributed by atoms with Crippen molar-refractivity contribution in [1.82, 2.24) is 5.32 Å². The molecule has 0 saturated carbocycles. The number of hydrogen-bond donors (Lipinski definition) is 2. The molecule has 27 heavy (non-hydrogen) atoms. The summed E-state index contributed by atoms with van der Waals surface area (Å²) in [6, 6.07) is 15.3. The monoisotopic (exact) mass is 388 g/mol. The van der Waals surface area contributed by atoms with Crippen LogP contribution >= 0.6 is 0 Å². The minimum Gasteiger partial charge on any atom is -0.368 e. The van der Waals surface area contributed by atoms with Crippen molar-refractivity contribution < 1.29 is 17.9 Å². The van der Waals surface area contributed by atoms with Gasteiger partial charge >= 0.3 is 0 Å². The molecular formula is C20H24N2O4S. The number of amides is 1. The van der Waals surface area contributed by atoms with Crippen LogP contribution in [-0.2, 0) is 25.1 Å². The molecule has 2 N–H and O–H groups in total. The lowest BCUT2D eigenvalue weighted by molar-refractivity contribution is -0.140. The highest BCUT2D eigenvalue weighted by atomic mass is 32.2. The summed E-state index contributed by atoms with van der Waals surface area (Å²) in [5.41, 5.74) is 0.335. The Morgan fingerprint density at radius 2 is 1.81 bits per heavy atom. The number of hydrogen-bond acceptors (Lipinski definition) is 5. The highest BCUT2D eigenvalue weighted by Crippen LogP contribution is 2.25. The van der Waals surface area contributed by atoms with Gasteiger partial charge in [-0.15, -0.1) is 0 Å². The topological polar surface area (TPSA) is 84.5 Å². The smallest absolute Gasteiger partial charge is 0.256 e. The van der Waals surface area contributed by atoms with Gasteiger partial charge in [-0.1, -0.05) is 30.3 Å². The predicted molar refractivity (Wildman–Crippen MR) is 104 cm³/mol. The maximum absolute atomic E-state index is 12.8. The predicted octanol–water partition coefficient (Wildman–Crippen LogP) is 2.37. The third-order valence-electron chi connectivity index (χ3n) is 4.86. The molecule has 0 atom stereocenters. The minimum absolute atomic E-state index is 0.125. The van der Waals surface area contributed by atoms with Crippen LogP contribution in [-0.4, -0.2) is 40.1 Å². The number of methoxy groups -OCH3 is 1. The lowest BCUT2D eigenvalue weighted by Gasteiger charge is -2.34. The zero-order valence-corrected chi connectivity index (χ0v) is 16.1. The van der Waals surface area contributed by atoms with Gasteiger partial charge in [-0.05, 0) is 55.8 Å². The first-order valence-corrected chi connectivity index (χ1v) is 10.5. The zero-order chi connectivity index (χ0) is 19.3. The molecule has 2 aromatic rings. The number of carbonyl (C=O) groups excluding carboxylic acids is 1. The maximum atomic E-state index is 12.8. The number of rotatable bonds is 6. The van der Waals surface area contributed by atoms with Crippen molar-refractivity contribution in [1.29, 1.82) is 0 Å². The molecule has 0 spiro atoms. The lowest BCUT2D eigenvalue weighted by Crippen LogP contribution is -2.51. The second kappa shape index (κ2) is 8.21. The average Bonchev–Trinajstić information content (AvgIpc) is 2.69. The molecule has 1 aliphatic rings. The molecule has 1 saturated heterocycles. The molecule has 1 amide bonds. The van der Waals surface area contributed by atoms with E-state index in [9.17, 15) is 13.2 Å². The molecule has 0 aliphatic carbocycles. The number of carbonyl (C=O) groups is 1. The van der Waals surface area contributed by atoms with E-state index < -0.39 is 15.4 Å². The quantitative estimate of drug-likeness (QED) is 0.794. The highest BCUT2D eigenvalue weighted by molar-refractivity contribution is 7.90. The number of piperidine rings is 1. The van der Waals surface area contributed by atoms with E-state index in [0.717, 1.165) is 13.1 Å². The summed E-state index contributed by atoms with van der Waals surface area (Å²) >= 11 is 0. The SMILES string of the molecule is COC1(C(=O)Nc2cccc(CS(=O)(=O)c3ccccc3)c2)CCNCC1. The fourth-order valence-electron chi connectivity index (χ4n) is 3.27. The van der Waals surface area contributed by atoms with Gasteiger partial charge in [0.1, 0.15) is 5.60 Å². The van der Waals surface area contributed by atoms with Crippen LogP contribution in [0.15, 0.2) is 59.5 Å². The van der Waals surface area contributed by atoms with E-state index in [1.165, 1.54) is 0 Å². The Hall–Kier alpha value is -2.22. The van der Waals surface area contributed by atoms with Gasteiger partial charge in [0.2, 0.25) is 0 Å². The summed E-state index contributed by atoms with van der Waals surface area (Å²) < 4.78 is 30.7. The van der Waals surface area contributed by atoms with Gasteiger partial charge in [-0.3, -0.25) is 4.79 Å². The molecule has 0 bridgehead atoms. The van der Waals surface area contributed by atoms with Crippen LogP contribution in [0.5, 0.6) is 0 Å². The van der Waals surface area contributed by atoms with Crippen molar-refractivity contribution in [2.75, 3.05) is 25.5 Å².